The van der Waals surface area contributed by atoms with Gasteiger partial charge in [0.25, 0.3) is 0 Å². The molecule has 1 heterocycles. The first-order valence-electron chi connectivity index (χ1n) is 5.96. The summed E-state index contributed by atoms with van der Waals surface area (Å²) < 4.78 is 5.52. The summed E-state index contributed by atoms with van der Waals surface area (Å²) in [5.74, 6) is 0. The summed E-state index contributed by atoms with van der Waals surface area (Å²) in [7, 11) is 1.83. The van der Waals surface area contributed by atoms with Crippen LogP contribution in [-0.2, 0) is 4.74 Å². The van der Waals surface area contributed by atoms with Crippen molar-refractivity contribution in [2.24, 2.45) is 5.41 Å². The lowest BCUT2D eigenvalue weighted by Gasteiger charge is -2.42. The van der Waals surface area contributed by atoms with Gasteiger partial charge < -0.3 is 4.74 Å². The molecule has 2 atom stereocenters. The molecule has 0 aliphatic carbocycles. The van der Waals surface area contributed by atoms with Gasteiger partial charge in [0.1, 0.15) is 0 Å². The Morgan fingerprint density at radius 2 is 1.60 bits per heavy atom. The molecule has 1 rings (SSSR count). The standard InChI is InChI=1S/C13H27NO/c1-12(2,3)11-8-10(15-7)9-14(11)13(4,5)6/h10-11H,8-9H2,1-7H3. The summed E-state index contributed by atoms with van der Waals surface area (Å²) in [5.41, 5.74) is 0.575. The van der Waals surface area contributed by atoms with E-state index in [0.29, 0.717) is 17.6 Å². The monoisotopic (exact) mass is 213 g/mol. The molecular weight excluding hydrogens is 186 g/mol. The van der Waals surface area contributed by atoms with Gasteiger partial charge in [-0.2, -0.15) is 0 Å². The minimum atomic E-state index is 0.241. The maximum atomic E-state index is 5.52. The van der Waals surface area contributed by atoms with Crippen LogP contribution in [0, 0.1) is 5.41 Å². The molecule has 0 radical (unpaired) electrons. The number of methoxy groups -OCH3 is 1. The molecule has 1 aliphatic rings. The minimum Gasteiger partial charge on any atom is -0.380 e. The average molecular weight is 213 g/mol. The number of hydrogen-bond donors (Lipinski definition) is 0. The Morgan fingerprint density at radius 3 is 1.87 bits per heavy atom. The predicted molar refractivity (Wildman–Crippen MR) is 65.1 cm³/mol. The molecule has 90 valence electrons. The van der Waals surface area contributed by atoms with Gasteiger partial charge in [-0.25, -0.2) is 0 Å². The summed E-state index contributed by atoms with van der Waals surface area (Å²) >= 11 is 0. The smallest absolute Gasteiger partial charge is 0.0713 e. The second kappa shape index (κ2) is 4.06. The second-order valence-electron chi connectivity index (χ2n) is 6.80. The molecule has 15 heavy (non-hydrogen) atoms. The third-order valence-electron chi connectivity index (χ3n) is 3.46. The number of likely N-dealkylation sites (tertiary alicyclic amines) is 1. The van der Waals surface area contributed by atoms with Gasteiger partial charge in [0, 0.05) is 25.2 Å². The van der Waals surface area contributed by atoms with Crippen LogP contribution in [0.4, 0.5) is 0 Å². The lowest BCUT2D eigenvalue weighted by molar-refractivity contribution is 0.0516. The molecule has 0 N–H and O–H groups in total. The van der Waals surface area contributed by atoms with Crippen molar-refractivity contribution in [2.45, 2.75) is 65.6 Å². The van der Waals surface area contributed by atoms with Crippen LogP contribution < -0.4 is 0 Å². The van der Waals surface area contributed by atoms with E-state index >= 15 is 0 Å². The lowest BCUT2D eigenvalue weighted by Crippen LogP contribution is -2.49. The molecule has 2 nitrogen and oxygen atoms in total. The Bertz CT molecular complexity index is 190. The third-order valence-corrected chi connectivity index (χ3v) is 3.46. The predicted octanol–water partition coefficient (Wildman–Crippen LogP) is 2.92. The molecule has 0 saturated carbocycles. The van der Waals surface area contributed by atoms with E-state index in [9.17, 15) is 0 Å². The van der Waals surface area contributed by atoms with Crippen LogP contribution in [0.1, 0.15) is 48.0 Å². The maximum absolute atomic E-state index is 5.52. The highest BCUT2D eigenvalue weighted by Gasteiger charge is 2.43. The first-order chi connectivity index (χ1) is 6.66. The highest BCUT2D eigenvalue weighted by Crippen LogP contribution is 2.37. The molecule has 0 spiro atoms. The van der Waals surface area contributed by atoms with Gasteiger partial charge in [-0.15, -0.1) is 0 Å². The fraction of sp³-hybridized carbons (Fsp3) is 1.00. The Hall–Kier alpha value is -0.0800. The van der Waals surface area contributed by atoms with E-state index in [2.05, 4.69) is 46.4 Å². The van der Waals surface area contributed by atoms with E-state index < -0.39 is 0 Å². The highest BCUT2D eigenvalue weighted by atomic mass is 16.5. The molecule has 1 fully saturated rings. The van der Waals surface area contributed by atoms with Crippen molar-refractivity contribution in [3.63, 3.8) is 0 Å². The van der Waals surface area contributed by atoms with Gasteiger partial charge in [-0.05, 0) is 32.6 Å². The van der Waals surface area contributed by atoms with Crippen LogP contribution in [0.25, 0.3) is 0 Å². The molecule has 0 aromatic heterocycles. The quantitative estimate of drug-likeness (QED) is 0.664. The van der Waals surface area contributed by atoms with Crippen molar-refractivity contribution >= 4 is 0 Å². The average Bonchev–Trinajstić information content (AvgIpc) is 2.44. The van der Waals surface area contributed by atoms with Crippen molar-refractivity contribution in [1.82, 2.24) is 4.90 Å². The van der Waals surface area contributed by atoms with Crippen molar-refractivity contribution in [1.29, 1.82) is 0 Å². The van der Waals surface area contributed by atoms with Gasteiger partial charge in [0.15, 0.2) is 0 Å². The van der Waals surface area contributed by atoms with E-state index in [1.165, 1.54) is 0 Å². The summed E-state index contributed by atoms with van der Waals surface area (Å²) in [6, 6.07) is 0.627. The number of nitrogens with zero attached hydrogens (tertiary/aromatic N) is 1. The Labute approximate surface area is 95.0 Å². The van der Waals surface area contributed by atoms with Crippen molar-refractivity contribution in [3.05, 3.63) is 0 Å². The summed E-state index contributed by atoms with van der Waals surface area (Å²) in [6.45, 7) is 14.9. The SMILES string of the molecule is COC1CC(C(C)(C)C)N(C(C)(C)C)C1. The van der Waals surface area contributed by atoms with Crippen molar-refractivity contribution in [3.8, 4) is 0 Å². The van der Waals surface area contributed by atoms with Crippen LogP contribution in [0.3, 0.4) is 0 Å². The van der Waals surface area contributed by atoms with Crippen LogP contribution in [0.2, 0.25) is 0 Å². The Kier molecular flexibility index (Phi) is 3.52. The largest absolute Gasteiger partial charge is 0.380 e. The molecule has 2 unspecified atom stereocenters. The number of ether oxygens (including phenoxy) is 1. The zero-order chi connectivity index (χ0) is 11.9. The zero-order valence-electron chi connectivity index (χ0n) is 11.4. The van der Waals surface area contributed by atoms with Gasteiger partial charge in [0.2, 0.25) is 0 Å². The van der Waals surface area contributed by atoms with Crippen LogP contribution >= 0.6 is 0 Å². The molecule has 1 saturated heterocycles. The molecule has 0 bridgehead atoms. The molecule has 2 heteroatoms. The zero-order valence-corrected chi connectivity index (χ0v) is 11.4. The second-order valence-corrected chi connectivity index (χ2v) is 6.80. The minimum absolute atomic E-state index is 0.241. The van der Waals surface area contributed by atoms with Crippen LogP contribution in [0.15, 0.2) is 0 Å². The summed E-state index contributed by atoms with van der Waals surface area (Å²) in [4.78, 5) is 2.60. The summed E-state index contributed by atoms with van der Waals surface area (Å²) in [6.07, 6.45) is 1.57. The van der Waals surface area contributed by atoms with E-state index in [1.807, 2.05) is 7.11 Å². The van der Waals surface area contributed by atoms with Crippen molar-refractivity contribution < 1.29 is 4.74 Å². The number of hydrogen-bond acceptors (Lipinski definition) is 2. The van der Waals surface area contributed by atoms with E-state index in [-0.39, 0.29) is 5.54 Å². The van der Waals surface area contributed by atoms with E-state index in [0.717, 1.165) is 13.0 Å². The van der Waals surface area contributed by atoms with Gasteiger partial charge in [0.05, 0.1) is 6.10 Å². The van der Waals surface area contributed by atoms with Gasteiger partial charge >= 0.3 is 0 Å². The molecule has 1 aliphatic heterocycles. The normalized spacial score (nSPS) is 29.8. The first-order valence-corrected chi connectivity index (χ1v) is 5.96. The fourth-order valence-electron chi connectivity index (χ4n) is 2.53. The van der Waals surface area contributed by atoms with Crippen LogP contribution in [0.5, 0.6) is 0 Å². The Morgan fingerprint density at radius 1 is 1.07 bits per heavy atom. The molecule has 0 amide bonds. The molecular formula is C13H27NO. The number of rotatable bonds is 1. The summed E-state index contributed by atoms with van der Waals surface area (Å²) in [5, 5.41) is 0. The third kappa shape index (κ3) is 2.94. The first kappa shape index (κ1) is 13.0. The van der Waals surface area contributed by atoms with E-state index in [4.69, 9.17) is 4.74 Å². The molecule has 0 aromatic carbocycles. The van der Waals surface area contributed by atoms with E-state index in [1.54, 1.807) is 0 Å². The maximum Gasteiger partial charge on any atom is 0.0713 e. The van der Waals surface area contributed by atoms with Gasteiger partial charge in [-0.1, -0.05) is 20.8 Å². The topological polar surface area (TPSA) is 12.5 Å². The fourth-order valence-corrected chi connectivity index (χ4v) is 2.53. The highest BCUT2D eigenvalue weighted by molar-refractivity contribution is 4.97. The lowest BCUT2D eigenvalue weighted by atomic mass is 9.83. The molecule has 0 aromatic rings. The van der Waals surface area contributed by atoms with Gasteiger partial charge in [-0.3, -0.25) is 4.90 Å². The van der Waals surface area contributed by atoms with Crippen LogP contribution in [-0.4, -0.2) is 36.2 Å². The Balaban J connectivity index is 2.84. The van der Waals surface area contributed by atoms with Crippen molar-refractivity contribution in [2.75, 3.05) is 13.7 Å².